The summed E-state index contributed by atoms with van der Waals surface area (Å²) in [5.74, 6) is 1.08. The van der Waals surface area contributed by atoms with Crippen molar-refractivity contribution in [2.45, 2.75) is 41.0 Å². The van der Waals surface area contributed by atoms with Gasteiger partial charge in [-0.05, 0) is 45.1 Å². The average Bonchev–Trinajstić information content (AvgIpc) is 2.03. The Morgan fingerprint density at radius 3 is 2.14 bits per heavy atom. The van der Waals surface area contributed by atoms with Crippen molar-refractivity contribution in [2.24, 2.45) is 11.8 Å². The van der Waals surface area contributed by atoms with Crippen LogP contribution in [0.2, 0.25) is 0 Å². The fraction of sp³-hybridized carbons (Fsp3) is 0.615. The molecule has 0 aliphatic rings. The highest BCUT2D eigenvalue weighted by Crippen LogP contribution is 2.24. The van der Waals surface area contributed by atoms with Gasteiger partial charge in [0, 0.05) is 0 Å². The van der Waals surface area contributed by atoms with Crippen LogP contribution in [-0.2, 0) is 4.79 Å². The zero-order valence-electron chi connectivity index (χ0n) is 10.0. The molecule has 0 aromatic carbocycles. The van der Waals surface area contributed by atoms with Crippen molar-refractivity contribution >= 4 is 6.29 Å². The molecule has 0 aliphatic heterocycles. The Bertz CT molecular complexity index is 230. The van der Waals surface area contributed by atoms with Gasteiger partial charge >= 0.3 is 0 Å². The summed E-state index contributed by atoms with van der Waals surface area (Å²) in [6.07, 6.45) is 5.85. The minimum absolute atomic E-state index is 0.495. The van der Waals surface area contributed by atoms with Gasteiger partial charge in [-0.3, -0.25) is 4.79 Å². The Kier molecular flexibility index (Phi) is 6.18. The van der Waals surface area contributed by atoms with Crippen LogP contribution in [0.1, 0.15) is 41.0 Å². The van der Waals surface area contributed by atoms with Gasteiger partial charge in [-0.2, -0.15) is 0 Å². The largest absolute Gasteiger partial charge is 0.299 e. The molecule has 1 atom stereocenters. The van der Waals surface area contributed by atoms with Gasteiger partial charge in [0.15, 0.2) is 0 Å². The predicted molar refractivity (Wildman–Crippen MR) is 62.2 cm³/mol. The summed E-state index contributed by atoms with van der Waals surface area (Å²) < 4.78 is 0. The van der Waals surface area contributed by atoms with E-state index >= 15 is 0 Å². The maximum atomic E-state index is 10.4. The van der Waals surface area contributed by atoms with Crippen molar-refractivity contribution in [2.75, 3.05) is 0 Å². The van der Waals surface area contributed by atoms with Gasteiger partial charge in [0.25, 0.3) is 0 Å². The molecule has 0 aliphatic carbocycles. The van der Waals surface area contributed by atoms with Crippen molar-refractivity contribution in [3.8, 4) is 0 Å². The van der Waals surface area contributed by atoms with Crippen LogP contribution in [0.4, 0.5) is 0 Å². The quantitative estimate of drug-likeness (QED) is 0.370. The minimum atomic E-state index is 0.495. The predicted octanol–water partition coefficient (Wildman–Crippen LogP) is 3.76. The smallest absolute Gasteiger partial charge is 0.142 e. The molecule has 0 bridgehead atoms. The Labute approximate surface area is 87.9 Å². The van der Waals surface area contributed by atoms with E-state index in [-0.39, 0.29) is 0 Å². The lowest BCUT2D eigenvalue weighted by atomic mass is 9.85. The molecule has 0 spiro atoms. The Hall–Kier alpha value is -0.850. The third-order valence-corrected chi connectivity index (χ3v) is 2.50. The van der Waals surface area contributed by atoms with E-state index in [0.717, 1.165) is 12.7 Å². The number of allylic oxidation sites excluding steroid dienone is 4. The molecule has 1 unspecified atom stereocenters. The highest BCUT2D eigenvalue weighted by atomic mass is 16.1. The number of aldehydes is 1. The van der Waals surface area contributed by atoms with Gasteiger partial charge in [-0.15, -0.1) is 0 Å². The first kappa shape index (κ1) is 13.2. The average molecular weight is 194 g/mol. The molecule has 0 aromatic rings. The van der Waals surface area contributed by atoms with Gasteiger partial charge in [0.05, 0.1) is 0 Å². The first-order chi connectivity index (χ1) is 6.49. The molecule has 80 valence electrons. The van der Waals surface area contributed by atoms with E-state index in [1.165, 1.54) is 11.1 Å². The van der Waals surface area contributed by atoms with Crippen molar-refractivity contribution in [3.63, 3.8) is 0 Å². The highest BCUT2D eigenvalue weighted by Gasteiger charge is 2.13. The molecule has 0 rings (SSSR count). The van der Waals surface area contributed by atoms with Crippen LogP contribution in [-0.4, -0.2) is 6.29 Å². The van der Waals surface area contributed by atoms with Crippen molar-refractivity contribution < 1.29 is 4.79 Å². The standard InChI is InChI=1S/C13H22O/c1-10(2)6-7-13(11(3)4)12(5)8-9-14/h6,8-9,11,13H,7H2,1-5H3. The van der Waals surface area contributed by atoms with E-state index in [1.54, 1.807) is 6.08 Å². The zero-order valence-corrected chi connectivity index (χ0v) is 10.0. The summed E-state index contributed by atoms with van der Waals surface area (Å²) in [4.78, 5) is 10.4. The van der Waals surface area contributed by atoms with E-state index in [9.17, 15) is 4.79 Å². The molecule has 0 saturated carbocycles. The Balaban J connectivity index is 4.52. The lowest BCUT2D eigenvalue weighted by Gasteiger charge is -2.20. The van der Waals surface area contributed by atoms with Crippen LogP contribution < -0.4 is 0 Å². The SMILES string of the molecule is CC(C)=CCC(C(C)=CC=O)C(C)C. The summed E-state index contributed by atoms with van der Waals surface area (Å²) >= 11 is 0. The molecule has 0 N–H and O–H groups in total. The van der Waals surface area contributed by atoms with E-state index in [2.05, 4.69) is 33.8 Å². The van der Waals surface area contributed by atoms with E-state index < -0.39 is 0 Å². The summed E-state index contributed by atoms with van der Waals surface area (Å²) in [7, 11) is 0. The van der Waals surface area contributed by atoms with Crippen LogP contribution >= 0.6 is 0 Å². The van der Waals surface area contributed by atoms with Crippen LogP contribution in [0.15, 0.2) is 23.3 Å². The topological polar surface area (TPSA) is 17.1 Å². The monoisotopic (exact) mass is 194 g/mol. The van der Waals surface area contributed by atoms with E-state index in [4.69, 9.17) is 0 Å². The number of rotatable bonds is 5. The molecular weight excluding hydrogens is 172 g/mol. The summed E-state index contributed by atoms with van der Waals surface area (Å²) in [5.41, 5.74) is 2.53. The molecule has 0 fully saturated rings. The van der Waals surface area contributed by atoms with E-state index in [0.29, 0.717) is 11.8 Å². The van der Waals surface area contributed by atoms with Crippen molar-refractivity contribution in [1.82, 2.24) is 0 Å². The molecule has 0 aromatic heterocycles. The molecule has 0 saturated heterocycles. The first-order valence-corrected chi connectivity index (χ1v) is 5.24. The third kappa shape index (κ3) is 5.00. The lowest BCUT2D eigenvalue weighted by Crippen LogP contribution is -2.09. The number of carbonyl (C=O) groups excluding carboxylic acids is 1. The number of carbonyl (C=O) groups is 1. The van der Waals surface area contributed by atoms with Crippen molar-refractivity contribution in [3.05, 3.63) is 23.3 Å². The zero-order chi connectivity index (χ0) is 11.1. The number of hydrogen-bond acceptors (Lipinski definition) is 1. The molecule has 0 amide bonds. The van der Waals surface area contributed by atoms with Crippen LogP contribution in [0.3, 0.4) is 0 Å². The Morgan fingerprint density at radius 2 is 1.79 bits per heavy atom. The summed E-state index contributed by atoms with van der Waals surface area (Å²) in [6.45, 7) is 10.7. The lowest BCUT2D eigenvalue weighted by molar-refractivity contribution is -0.104. The second-order valence-electron chi connectivity index (χ2n) is 4.41. The second-order valence-corrected chi connectivity index (χ2v) is 4.41. The summed E-state index contributed by atoms with van der Waals surface area (Å²) in [6, 6.07) is 0. The maximum absolute atomic E-state index is 10.4. The Morgan fingerprint density at radius 1 is 1.21 bits per heavy atom. The van der Waals surface area contributed by atoms with Gasteiger partial charge in [-0.1, -0.05) is 31.1 Å². The molecule has 1 nitrogen and oxygen atoms in total. The first-order valence-electron chi connectivity index (χ1n) is 5.24. The summed E-state index contributed by atoms with van der Waals surface area (Å²) in [5, 5.41) is 0. The van der Waals surface area contributed by atoms with E-state index in [1.807, 2.05) is 6.92 Å². The van der Waals surface area contributed by atoms with Gasteiger partial charge in [0.2, 0.25) is 0 Å². The maximum Gasteiger partial charge on any atom is 0.142 e. The van der Waals surface area contributed by atoms with Crippen LogP contribution in [0, 0.1) is 11.8 Å². The van der Waals surface area contributed by atoms with Gasteiger partial charge in [0.1, 0.15) is 6.29 Å². The second kappa shape index (κ2) is 6.58. The minimum Gasteiger partial charge on any atom is -0.299 e. The van der Waals surface area contributed by atoms with Crippen molar-refractivity contribution in [1.29, 1.82) is 0 Å². The molecule has 0 radical (unpaired) electrons. The molecule has 1 heteroatoms. The highest BCUT2D eigenvalue weighted by molar-refractivity contribution is 5.66. The fourth-order valence-electron chi connectivity index (χ4n) is 1.58. The third-order valence-electron chi connectivity index (χ3n) is 2.50. The van der Waals surface area contributed by atoms with Gasteiger partial charge < -0.3 is 0 Å². The normalized spacial score (nSPS) is 14.0. The van der Waals surface area contributed by atoms with Gasteiger partial charge in [-0.25, -0.2) is 0 Å². The molecule has 14 heavy (non-hydrogen) atoms. The van der Waals surface area contributed by atoms with Crippen LogP contribution in [0.25, 0.3) is 0 Å². The fourth-order valence-corrected chi connectivity index (χ4v) is 1.58. The van der Waals surface area contributed by atoms with Crippen LogP contribution in [0.5, 0.6) is 0 Å². The molecule has 0 heterocycles. The number of hydrogen-bond donors (Lipinski definition) is 0. The molecular formula is C13H22O.